The molecule has 0 aromatic heterocycles. The monoisotopic (exact) mass is 434 g/mol. The molecule has 0 atom stereocenters. The predicted molar refractivity (Wildman–Crippen MR) is 88.9 cm³/mol. The summed E-state index contributed by atoms with van der Waals surface area (Å²) in [7, 11) is 0. The Morgan fingerprint density at radius 2 is 1.86 bits per heavy atom. The Hall–Kier alpha value is -1.31. The van der Waals surface area contributed by atoms with Crippen molar-refractivity contribution in [1.29, 1.82) is 0 Å². The number of phenolic OH excluding ortho intramolecular Hbond substituents is 1. The van der Waals surface area contributed by atoms with Gasteiger partial charge < -0.3 is 10.4 Å². The lowest BCUT2D eigenvalue weighted by Crippen LogP contribution is -2.02. The number of nitrogens with one attached hydrogen (secondary N) is 1. The van der Waals surface area contributed by atoms with E-state index in [9.17, 15) is 15.2 Å². The molecule has 0 aliphatic rings. The van der Waals surface area contributed by atoms with Crippen molar-refractivity contribution in [2.75, 3.05) is 5.32 Å². The van der Waals surface area contributed by atoms with E-state index in [1.165, 1.54) is 6.07 Å². The van der Waals surface area contributed by atoms with Gasteiger partial charge in [-0.2, -0.15) is 0 Å². The Morgan fingerprint density at radius 3 is 2.43 bits per heavy atom. The van der Waals surface area contributed by atoms with Crippen LogP contribution in [0.3, 0.4) is 0 Å². The van der Waals surface area contributed by atoms with Crippen LogP contribution in [0.2, 0.25) is 5.02 Å². The van der Waals surface area contributed by atoms with Crippen LogP contribution < -0.4 is 5.32 Å². The third-order valence-electron chi connectivity index (χ3n) is 2.72. The van der Waals surface area contributed by atoms with Crippen LogP contribution in [0.1, 0.15) is 5.56 Å². The van der Waals surface area contributed by atoms with Crippen molar-refractivity contribution < 1.29 is 10.0 Å². The standard InChI is InChI=1S/C13H9Br2ClN2O3/c14-9-3-7(4-10(15)13(9)19)6-17-11-2-1-8(16)5-12(11)18(20)21/h1-5,17,19H,6H2. The molecular formula is C13H9Br2ClN2O3. The largest absolute Gasteiger partial charge is 0.506 e. The average molecular weight is 436 g/mol. The number of nitro benzene ring substituents is 1. The number of nitro groups is 1. The zero-order valence-electron chi connectivity index (χ0n) is 10.4. The summed E-state index contributed by atoms with van der Waals surface area (Å²) in [5.41, 5.74) is 1.14. The van der Waals surface area contributed by atoms with Crippen LogP contribution in [0.4, 0.5) is 11.4 Å². The van der Waals surface area contributed by atoms with Crippen molar-refractivity contribution in [2.24, 2.45) is 0 Å². The fourth-order valence-corrected chi connectivity index (χ4v) is 3.17. The Kier molecular flexibility index (Phi) is 5.08. The molecule has 0 unspecified atom stereocenters. The molecule has 0 fully saturated rings. The lowest BCUT2D eigenvalue weighted by Gasteiger charge is -2.09. The highest BCUT2D eigenvalue weighted by Gasteiger charge is 2.14. The topological polar surface area (TPSA) is 75.4 Å². The smallest absolute Gasteiger partial charge is 0.293 e. The number of hydrogen-bond acceptors (Lipinski definition) is 4. The molecule has 0 aliphatic carbocycles. The minimum absolute atomic E-state index is 0.0839. The van der Waals surface area contributed by atoms with Crippen molar-refractivity contribution in [3.05, 3.63) is 60.0 Å². The normalized spacial score (nSPS) is 10.4. The van der Waals surface area contributed by atoms with E-state index in [4.69, 9.17) is 11.6 Å². The molecular weight excluding hydrogens is 427 g/mol. The molecule has 2 rings (SSSR count). The molecule has 0 spiro atoms. The van der Waals surface area contributed by atoms with Gasteiger partial charge in [-0.25, -0.2) is 0 Å². The van der Waals surface area contributed by atoms with Gasteiger partial charge in [0.2, 0.25) is 0 Å². The summed E-state index contributed by atoms with van der Waals surface area (Å²) in [5.74, 6) is 0.108. The number of rotatable bonds is 4. The van der Waals surface area contributed by atoms with E-state index < -0.39 is 4.92 Å². The number of anilines is 1. The van der Waals surface area contributed by atoms with E-state index in [2.05, 4.69) is 37.2 Å². The SMILES string of the molecule is O=[N+]([O-])c1cc(Cl)ccc1NCc1cc(Br)c(O)c(Br)c1. The number of hydrogen-bond donors (Lipinski definition) is 2. The third-order valence-corrected chi connectivity index (χ3v) is 4.16. The molecule has 110 valence electrons. The second kappa shape index (κ2) is 6.64. The molecule has 0 saturated heterocycles. The number of phenols is 1. The van der Waals surface area contributed by atoms with E-state index in [0.717, 1.165) is 5.56 Å². The summed E-state index contributed by atoms with van der Waals surface area (Å²) in [6, 6.07) is 7.90. The van der Waals surface area contributed by atoms with Gasteiger partial charge in [-0.3, -0.25) is 10.1 Å². The zero-order chi connectivity index (χ0) is 15.6. The second-order valence-electron chi connectivity index (χ2n) is 4.18. The average Bonchev–Trinajstić information content (AvgIpc) is 2.43. The van der Waals surface area contributed by atoms with Crippen molar-refractivity contribution in [3.8, 4) is 5.75 Å². The fraction of sp³-hybridized carbons (Fsp3) is 0.0769. The minimum atomic E-state index is -0.489. The highest BCUT2D eigenvalue weighted by Crippen LogP contribution is 2.34. The van der Waals surface area contributed by atoms with Crippen molar-refractivity contribution >= 4 is 54.8 Å². The minimum Gasteiger partial charge on any atom is -0.506 e. The van der Waals surface area contributed by atoms with Gasteiger partial charge >= 0.3 is 0 Å². The van der Waals surface area contributed by atoms with Crippen LogP contribution in [0.25, 0.3) is 0 Å². The van der Waals surface area contributed by atoms with Gasteiger partial charge in [0.15, 0.2) is 0 Å². The van der Waals surface area contributed by atoms with Crippen molar-refractivity contribution in [3.63, 3.8) is 0 Å². The summed E-state index contributed by atoms with van der Waals surface area (Å²) >= 11 is 12.2. The maximum absolute atomic E-state index is 11.0. The molecule has 21 heavy (non-hydrogen) atoms. The fourth-order valence-electron chi connectivity index (χ4n) is 1.72. The Bertz CT molecular complexity index is 687. The van der Waals surface area contributed by atoms with Gasteiger partial charge in [0.1, 0.15) is 11.4 Å². The molecule has 0 saturated carbocycles. The maximum Gasteiger partial charge on any atom is 0.293 e. The van der Waals surface area contributed by atoms with Gasteiger partial charge in [-0.1, -0.05) is 11.6 Å². The summed E-state index contributed by atoms with van der Waals surface area (Å²) in [6.45, 7) is 0.361. The molecule has 2 N–H and O–H groups in total. The number of halogens is 3. The van der Waals surface area contributed by atoms with Crippen molar-refractivity contribution in [1.82, 2.24) is 0 Å². The summed E-state index contributed by atoms with van der Waals surface area (Å²) in [6.07, 6.45) is 0. The molecule has 8 heteroatoms. The molecule has 0 aliphatic heterocycles. The third kappa shape index (κ3) is 3.87. The zero-order valence-corrected chi connectivity index (χ0v) is 14.4. The van der Waals surface area contributed by atoms with Gasteiger partial charge in [0.05, 0.1) is 13.9 Å². The summed E-state index contributed by atoms with van der Waals surface area (Å²) in [4.78, 5) is 10.5. The van der Waals surface area contributed by atoms with Crippen LogP contribution >= 0.6 is 43.5 Å². The first kappa shape index (κ1) is 16.1. The molecule has 5 nitrogen and oxygen atoms in total. The lowest BCUT2D eigenvalue weighted by molar-refractivity contribution is -0.383. The van der Waals surface area contributed by atoms with Gasteiger partial charge in [0.25, 0.3) is 5.69 Å². The van der Waals surface area contributed by atoms with Crippen molar-refractivity contribution in [2.45, 2.75) is 6.54 Å². The summed E-state index contributed by atoms with van der Waals surface area (Å²) in [5, 5.41) is 23.9. The Balaban J connectivity index is 2.22. The van der Waals surface area contributed by atoms with Crippen LogP contribution in [-0.4, -0.2) is 10.0 Å². The number of nitrogens with zero attached hydrogens (tertiary/aromatic N) is 1. The van der Waals surface area contributed by atoms with Crippen LogP contribution in [0, 0.1) is 10.1 Å². The van der Waals surface area contributed by atoms with E-state index >= 15 is 0 Å². The first-order valence-electron chi connectivity index (χ1n) is 5.73. The van der Waals surface area contributed by atoms with Crippen LogP contribution in [0.5, 0.6) is 5.75 Å². The quantitative estimate of drug-likeness (QED) is 0.517. The molecule has 0 radical (unpaired) electrons. The van der Waals surface area contributed by atoms with E-state index in [1.54, 1.807) is 24.3 Å². The van der Waals surface area contributed by atoms with E-state index in [1.807, 2.05) is 0 Å². The Morgan fingerprint density at radius 1 is 1.24 bits per heavy atom. The molecule has 2 aromatic rings. The highest BCUT2D eigenvalue weighted by atomic mass is 79.9. The predicted octanol–water partition coefficient (Wildman–Crippen LogP) is 5.09. The van der Waals surface area contributed by atoms with Gasteiger partial charge in [-0.15, -0.1) is 0 Å². The molecule has 0 heterocycles. The van der Waals surface area contributed by atoms with Gasteiger partial charge in [0, 0.05) is 17.6 Å². The first-order valence-corrected chi connectivity index (χ1v) is 7.69. The first-order chi connectivity index (χ1) is 9.88. The Labute approximate surface area is 142 Å². The van der Waals surface area contributed by atoms with Crippen LogP contribution in [-0.2, 0) is 6.54 Å². The number of aromatic hydroxyl groups is 1. The van der Waals surface area contributed by atoms with Gasteiger partial charge in [-0.05, 0) is 61.7 Å². The molecule has 0 bridgehead atoms. The molecule has 2 aromatic carbocycles. The summed E-state index contributed by atoms with van der Waals surface area (Å²) < 4.78 is 1.08. The number of benzene rings is 2. The van der Waals surface area contributed by atoms with E-state index in [0.29, 0.717) is 26.2 Å². The second-order valence-corrected chi connectivity index (χ2v) is 6.33. The van der Waals surface area contributed by atoms with Crippen LogP contribution in [0.15, 0.2) is 39.3 Å². The lowest BCUT2D eigenvalue weighted by atomic mass is 10.2. The molecule has 0 amide bonds. The maximum atomic E-state index is 11.0. The highest BCUT2D eigenvalue weighted by molar-refractivity contribution is 9.11. The van der Waals surface area contributed by atoms with E-state index in [-0.39, 0.29) is 11.4 Å².